The van der Waals surface area contributed by atoms with Gasteiger partial charge in [-0.15, -0.1) is 11.8 Å². The number of rotatable bonds is 25. The molecule has 0 unspecified atom stereocenters. The van der Waals surface area contributed by atoms with Gasteiger partial charge in [0.15, 0.2) is 5.96 Å². The second-order valence-corrected chi connectivity index (χ2v) is 35.3. The van der Waals surface area contributed by atoms with Crippen molar-refractivity contribution < 1.29 is 91.7 Å². The minimum atomic E-state index is -1.89. The van der Waals surface area contributed by atoms with Crippen LogP contribution in [0, 0.1) is 18.3 Å². The van der Waals surface area contributed by atoms with E-state index in [1.165, 1.54) is 28.1 Å². The van der Waals surface area contributed by atoms with Crippen LogP contribution in [0.4, 0.5) is 0 Å². The number of carbonyl (C=O) groups excluding carboxylic acids is 17. The molecule has 5 aromatic rings. The summed E-state index contributed by atoms with van der Waals surface area (Å²) in [6.45, 7) is 7.30. The number of benzene rings is 3. The number of aryl methyl sites for hydroxylation is 1. The van der Waals surface area contributed by atoms with Gasteiger partial charge in [0, 0.05) is 113 Å². The Morgan fingerprint density at radius 3 is 1.70 bits per heavy atom. The minimum absolute atomic E-state index is 0.00355. The number of primary amides is 2. The Bertz CT molecular complexity index is 4970. The Kier molecular flexibility index (Phi) is 39.6. The number of H-pyrrole nitrogens is 2. The maximum atomic E-state index is 15.7. The first-order valence-electron chi connectivity index (χ1n) is 44.6. The molecule has 720 valence electrons. The summed E-state index contributed by atoms with van der Waals surface area (Å²) in [5.41, 5.74) is 26.6. The van der Waals surface area contributed by atoms with Crippen molar-refractivity contribution in [1.29, 1.82) is 5.41 Å². The normalized spacial score (nSPS) is 25.1. The number of carbonyl (C=O) groups is 17. The number of nitrogens with two attached hydrogens (primary N) is 4. The molecule has 15 atom stereocenters. The van der Waals surface area contributed by atoms with Crippen LogP contribution in [0.1, 0.15) is 140 Å². The average molecular weight is 1860 g/mol. The lowest BCUT2D eigenvalue weighted by Gasteiger charge is -2.36. The molecule has 24 N–H and O–H groups in total. The van der Waals surface area contributed by atoms with Gasteiger partial charge in [0.25, 0.3) is 0 Å². The van der Waals surface area contributed by atoms with Crippen LogP contribution < -0.4 is 81.4 Å². The van der Waals surface area contributed by atoms with Crippen molar-refractivity contribution in [1.82, 2.24) is 93.0 Å². The van der Waals surface area contributed by atoms with E-state index in [0.29, 0.717) is 64.2 Å². The summed E-state index contributed by atoms with van der Waals surface area (Å²) < 4.78 is 0. The number of nitrogens with one attached hydrogen (secondary N) is 14. The van der Waals surface area contributed by atoms with Crippen LogP contribution in [-0.4, -0.2) is 314 Å². The molecule has 3 aliphatic rings. The van der Waals surface area contributed by atoms with Gasteiger partial charge >= 0.3 is 0 Å². The maximum absolute atomic E-state index is 15.7. The van der Waals surface area contributed by atoms with Crippen LogP contribution in [0.5, 0.6) is 0 Å². The number of hydrogen-bond acceptors (Lipinski definition) is 22. The molecule has 0 bridgehead atoms. The van der Waals surface area contributed by atoms with Crippen LogP contribution in [0.15, 0.2) is 85.2 Å². The lowest BCUT2D eigenvalue weighted by molar-refractivity contribution is -0.149. The molecule has 3 aliphatic heterocycles. The molecule has 42 nitrogen and oxygen atoms in total. The van der Waals surface area contributed by atoms with Crippen LogP contribution >= 0.6 is 11.8 Å². The van der Waals surface area contributed by atoms with Crippen molar-refractivity contribution in [3.05, 3.63) is 107 Å². The number of aromatic nitrogens is 2. The predicted octanol–water partition coefficient (Wildman–Crippen LogP) is -3.33. The van der Waals surface area contributed by atoms with E-state index in [2.05, 4.69) is 68.5 Å². The van der Waals surface area contributed by atoms with E-state index in [-0.39, 0.29) is 89.6 Å². The van der Waals surface area contributed by atoms with Crippen LogP contribution in [-0.2, 0) is 101 Å². The summed E-state index contributed by atoms with van der Waals surface area (Å²) >= 11 is 0.792. The van der Waals surface area contributed by atoms with Gasteiger partial charge in [-0.05, 0) is 93.5 Å². The number of guanidine groups is 1. The van der Waals surface area contributed by atoms with Gasteiger partial charge in [-0.1, -0.05) is 120 Å². The average Bonchev–Trinajstić information content (AvgIpc) is 1.17. The number of aliphatic hydroxyl groups excluding tert-OH is 2. The van der Waals surface area contributed by atoms with Crippen LogP contribution in [0.3, 0.4) is 0 Å². The molecule has 3 fully saturated rings. The largest absolute Gasteiger partial charge is 0.394 e. The van der Waals surface area contributed by atoms with Crippen molar-refractivity contribution in [3.63, 3.8) is 0 Å². The summed E-state index contributed by atoms with van der Waals surface area (Å²) in [4.78, 5) is 261. The van der Waals surface area contributed by atoms with E-state index in [1.54, 1.807) is 106 Å². The first-order chi connectivity index (χ1) is 62.8. The van der Waals surface area contributed by atoms with Gasteiger partial charge in [0.05, 0.1) is 31.4 Å². The number of amides is 17. The molecule has 0 spiro atoms. The third-order valence-corrected chi connectivity index (χ3v) is 24.8. The highest BCUT2D eigenvalue weighted by atomic mass is 32.2. The highest BCUT2D eigenvalue weighted by molar-refractivity contribution is 8.00. The summed E-state index contributed by atoms with van der Waals surface area (Å²) in [6, 6.07) is -0.606. The lowest BCUT2D eigenvalue weighted by atomic mass is 10.00. The topological polar surface area (TPSA) is 639 Å². The van der Waals surface area contributed by atoms with Gasteiger partial charge in [0.1, 0.15) is 84.6 Å². The number of aliphatic hydroxyl groups is 2. The third kappa shape index (κ3) is 29.1. The molecule has 8 rings (SSSR count). The predicted molar refractivity (Wildman–Crippen MR) is 490 cm³/mol. The lowest BCUT2D eigenvalue weighted by Crippen LogP contribution is -2.62. The molecule has 3 aromatic carbocycles. The standard InChI is InChI=1S/C89H129N23O19S/c1-10-12-28-68-81(124)100-59(27-19-31-95-89(93)94)77(120)107-67(76(119)98-43-73(92)116)46-132-47-74(117)99-62(35-51-22-18-21-49(5)34-51)84(127)108(7)50(6)75(118)102-64(39-72(91)115)86(129)111-32-20-30-69(111)82(125)105-65(40-90)79(122)103-61(33-48(3)4)87(130)112-44-54(114)38-71(112)83(126)101-60(36-52-41-96-57-25-16-14-23-55(52)57)78(121)106-66(45-113)80(123)104-63(37-53-42-97-58-26-17-15-24-56(53)58)85(128)110(9)70(29-13-11-2)88(131)109(68)8/h14-18,21-26,34,41-42,48,50,54,59-71,96-97,113-114H,10-13,19-20,27-33,35-40,43-47,90H2,1-9H3,(H2,91,115)(H2,92,116)(H,98,119)(H,99,117)(H,100,124)(H,101,126)(H,102,118)(H,103,122)(H,104,123)(H,105,125)(H,106,121)(H,107,120)(H4,93,94,95)/t50-,54+,59-,60-,61-,62-,63-,64-,65-,66-,67-,68-,69-,70-,71-/m0/s1. The van der Waals surface area contributed by atoms with Crippen LogP contribution in [0.2, 0.25) is 0 Å². The van der Waals surface area contributed by atoms with Gasteiger partial charge in [-0.2, -0.15) is 0 Å². The van der Waals surface area contributed by atoms with Crippen molar-refractivity contribution >= 4 is 140 Å². The fraction of sp³-hybridized carbons (Fsp3) is 0.551. The Morgan fingerprint density at radius 1 is 0.553 bits per heavy atom. The van der Waals surface area contributed by atoms with E-state index < -0.39 is 241 Å². The summed E-state index contributed by atoms with van der Waals surface area (Å²) in [5.74, 6) is -17.6. The Morgan fingerprint density at radius 2 is 1.09 bits per heavy atom. The maximum Gasteiger partial charge on any atom is 0.246 e. The number of thioether (sulfide) groups is 1. The number of fused-ring (bicyclic) bond motifs is 4. The van der Waals surface area contributed by atoms with E-state index in [1.807, 2.05) is 13.8 Å². The van der Waals surface area contributed by atoms with Crippen molar-refractivity contribution in [2.45, 2.75) is 235 Å². The fourth-order valence-electron chi connectivity index (χ4n) is 16.4. The molecule has 17 amide bonds. The minimum Gasteiger partial charge on any atom is -0.394 e. The number of likely N-dealkylation sites (N-methyl/N-ethyl adjacent to an activating group) is 3. The highest BCUT2D eigenvalue weighted by Gasteiger charge is 2.47. The SMILES string of the molecule is CCCC[C@H]1C(=O)N(C)[C@@H](CCCC)C(=O)N[C@@H](CCCNC(=N)N)C(=O)N[C@H](C(=O)NCC(N)=O)CSCC(=O)N[C@@H](Cc2cccc(C)c2)C(=O)N(C)[C@@H](C)C(=O)N[C@@H](CC(N)=O)C(=O)N2CCC[C@H]2C(=O)N[C@@H](CN)C(=O)N[C@@H](CC(C)C)C(=O)N2C[C@H](O)C[C@H]2C(=O)N[C@@H](Cc2c[nH]c3ccccc23)C(=O)N[C@@H](CO)C(=O)N[C@@H](Cc2c[nH]c3ccccc23)C(=O)N1C. The number of aromatic amines is 2. The number of hydrogen-bond donors (Lipinski definition) is 20. The van der Waals surface area contributed by atoms with E-state index in [9.17, 15) is 58.2 Å². The molecular formula is C89H129N23O19S. The van der Waals surface area contributed by atoms with Crippen molar-refractivity contribution in [2.75, 3.05) is 72.0 Å². The summed E-state index contributed by atoms with van der Waals surface area (Å²) in [6.07, 6.45) is 1.54. The van der Waals surface area contributed by atoms with Gasteiger partial charge < -0.3 is 126 Å². The molecular weight excluding hydrogens is 1730 g/mol. The number of nitrogens with zero attached hydrogens (tertiary/aromatic N) is 5. The molecule has 43 heteroatoms. The fourth-order valence-corrected chi connectivity index (χ4v) is 17.3. The monoisotopic (exact) mass is 1860 g/mol. The number of unbranched alkanes of at least 4 members (excludes halogenated alkanes) is 2. The second kappa shape index (κ2) is 50.0. The summed E-state index contributed by atoms with van der Waals surface area (Å²) in [7, 11) is 3.95. The summed E-state index contributed by atoms with van der Waals surface area (Å²) in [5, 5.41) is 60.6. The zero-order valence-corrected chi connectivity index (χ0v) is 76.9. The van der Waals surface area contributed by atoms with Gasteiger partial charge in [-0.25, -0.2) is 0 Å². The van der Waals surface area contributed by atoms with Crippen LogP contribution in [0.25, 0.3) is 21.8 Å². The first kappa shape index (κ1) is 105. The van der Waals surface area contributed by atoms with E-state index in [0.717, 1.165) is 41.8 Å². The second-order valence-electron chi connectivity index (χ2n) is 34.3. The Hall–Kier alpha value is -12.8. The molecule has 5 heterocycles. The smallest absolute Gasteiger partial charge is 0.246 e. The molecule has 0 aliphatic carbocycles. The molecule has 0 saturated carbocycles. The highest BCUT2D eigenvalue weighted by Crippen LogP contribution is 2.28. The van der Waals surface area contributed by atoms with Crippen molar-refractivity contribution in [3.8, 4) is 0 Å². The van der Waals surface area contributed by atoms with Gasteiger partial charge in [0.2, 0.25) is 100 Å². The number of para-hydroxylation sites is 2. The first-order valence-corrected chi connectivity index (χ1v) is 45.7. The quantitative estimate of drug-likeness (QED) is 0.0154. The van der Waals surface area contributed by atoms with E-state index in [4.69, 9.17) is 28.3 Å². The van der Waals surface area contributed by atoms with E-state index >= 15 is 33.6 Å². The van der Waals surface area contributed by atoms with Gasteiger partial charge in [-0.3, -0.25) is 86.9 Å². The van der Waals surface area contributed by atoms with Crippen molar-refractivity contribution in [2.24, 2.45) is 28.9 Å². The zero-order valence-electron chi connectivity index (χ0n) is 76.1. The third-order valence-electron chi connectivity index (χ3n) is 23.7. The Labute approximate surface area is 769 Å². The zero-order chi connectivity index (χ0) is 96.9. The molecule has 3 saturated heterocycles. The molecule has 2 aromatic heterocycles. The molecule has 0 radical (unpaired) electrons. The molecule has 132 heavy (non-hydrogen) atoms. The Balaban J connectivity index is 1.19.